The summed E-state index contributed by atoms with van der Waals surface area (Å²) in [7, 11) is 2.97. The Labute approximate surface area is 93.4 Å². The van der Waals surface area contributed by atoms with E-state index in [9.17, 15) is 4.79 Å². The molecule has 0 aliphatic rings. The SMILES string of the molecule is COc1ccc(C(=O)NO)cc1OC.Cl. The number of hydrogen-bond donors (Lipinski definition) is 2. The third-order valence-corrected chi connectivity index (χ3v) is 1.75. The van der Waals surface area contributed by atoms with E-state index in [0.717, 1.165) is 0 Å². The normalized spacial score (nSPS) is 8.73. The summed E-state index contributed by atoms with van der Waals surface area (Å²) in [6, 6.07) is 4.58. The molecule has 1 rings (SSSR count). The van der Waals surface area contributed by atoms with Crippen LogP contribution >= 0.6 is 12.4 Å². The van der Waals surface area contributed by atoms with Gasteiger partial charge in [-0.3, -0.25) is 10.0 Å². The van der Waals surface area contributed by atoms with Gasteiger partial charge in [-0.1, -0.05) is 0 Å². The minimum Gasteiger partial charge on any atom is -0.493 e. The summed E-state index contributed by atoms with van der Waals surface area (Å²) < 4.78 is 9.97. The molecule has 0 saturated carbocycles. The Morgan fingerprint density at radius 1 is 1.27 bits per heavy atom. The lowest BCUT2D eigenvalue weighted by Gasteiger charge is -2.08. The van der Waals surface area contributed by atoms with Gasteiger partial charge < -0.3 is 9.47 Å². The molecule has 1 aromatic carbocycles. The minimum atomic E-state index is -0.592. The van der Waals surface area contributed by atoms with E-state index in [0.29, 0.717) is 17.1 Å². The molecule has 0 saturated heterocycles. The molecule has 15 heavy (non-hydrogen) atoms. The molecule has 0 radical (unpaired) electrons. The lowest BCUT2D eigenvalue weighted by Crippen LogP contribution is -2.18. The van der Waals surface area contributed by atoms with Crippen LogP contribution in [0.1, 0.15) is 10.4 Å². The second-order valence-corrected chi connectivity index (χ2v) is 2.51. The van der Waals surface area contributed by atoms with Gasteiger partial charge in [-0.2, -0.15) is 0 Å². The van der Waals surface area contributed by atoms with Crippen LogP contribution in [0.4, 0.5) is 0 Å². The number of halogens is 1. The molecule has 0 heterocycles. The van der Waals surface area contributed by atoms with Gasteiger partial charge in [0.2, 0.25) is 0 Å². The first-order valence-electron chi connectivity index (χ1n) is 3.89. The van der Waals surface area contributed by atoms with Crippen LogP contribution in [0.15, 0.2) is 18.2 Å². The number of hydroxylamine groups is 1. The predicted molar refractivity (Wildman–Crippen MR) is 56.0 cm³/mol. The van der Waals surface area contributed by atoms with Crippen molar-refractivity contribution in [2.24, 2.45) is 0 Å². The zero-order chi connectivity index (χ0) is 10.6. The molecule has 0 aliphatic carbocycles. The lowest BCUT2D eigenvalue weighted by molar-refractivity contribution is 0.0706. The van der Waals surface area contributed by atoms with Crippen molar-refractivity contribution in [3.8, 4) is 11.5 Å². The second kappa shape index (κ2) is 6.10. The summed E-state index contributed by atoms with van der Waals surface area (Å²) in [4.78, 5) is 11.0. The Morgan fingerprint density at radius 3 is 2.33 bits per heavy atom. The maximum Gasteiger partial charge on any atom is 0.274 e. The molecule has 1 amide bonds. The van der Waals surface area contributed by atoms with E-state index < -0.39 is 5.91 Å². The summed E-state index contributed by atoms with van der Waals surface area (Å²) in [6.45, 7) is 0. The minimum absolute atomic E-state index is 0. The number of carbonyl (C=O) groups is 1. The van der Waals surface area contributed by atoms with Gasteiger partial charge in [0.15, 0.2) is 11.5 Å². The number of carbonyl (C=O) groups excluding carboxylic acids is 1. The molecule has 0 fully saturated rings. The molecule has 2 N–H and O–H groups in total. The Balaban J connectivity index is 0.00000196. The van der Waals surface area contributed by atoms with Crippen molar-refractivity contribution in [2.75, 3.05) is 14.2 Å². The molecule has 0 spiro atoms. The number of benzene rings is 1. The fraction of sp³-hybridized carbons (Fsp3) is 0.222. The van der Waals surface area contributed by atoms with Gasteiger partial charge in [0.25, 0.3) is 5.91 Å². The van der Waals surface area contributed by atoms with Crippen molar-refractivity contribution >= 4 is 18.3 Å². The number of nitrogens with one attached hydrogen (secondary N) is 1. The Bertz CT molecular complexity index is 343. The van der Waals surface area contributed by atoms with Crippen LogP contribution in [0.5, 0.6) is 11.5 Å². The monoisotopic (exact) mass is 233 g/mol. The maximum atomic E-state index is 11.0. The van der Waals surface area contributed by atoms with Gasteiger partial charge >= 0.3 is 0 Å². The average Bonchev–Trinajstić information content (AvgIpc) is 2.26. The molecule has 0 bridgehead atoms. The topological polar surface area (TPSA) is 67.8 Å². The predicted octanol–water partition coefficient (Wildman–Crippen LogP) is 1.24. The van der Waals surface area contributed by atoms with E-state index in [4.69, 9.17) is 14.7 Å². The van der Waals surface area contributed by atoms with E-state index in [2.05, 4.69) is 0 Å². The van der Waals surface area contributed by atoms with Crippen LogP contribution in [0, 0.1) is 0 Å². The van der Waals surface area contributed by atoms with Crippen LogP contribution in [0.3, 0.4) is 0 Å². The van der Waals surface area contributed by atoms with Crippen LogP contribution in [-0.2, 0) is 0 Å². The number of methoxy groups -OCH3 is 2. The first kappa shape index (κ1) is 13.5. The highest BCUT2D eigenvalue weighted by atomic mass is 35.5. The average molecular weight is 234 g/mol. The molecule has 84 valence electrons. The fourth-order valence-electron chi connectivity index (χ4n) is 1.04. The highest BCUT2D eigenvalue weighted by Gasteiger charge is 2.09. The smallest absolute Gasteiger partial charge is 0.274 e. The van der Waals surface area contributed by atoms with Gasteiger partial charge in [0.05, 0.1) is 14.2 Å². The number of ether oxygens (including phenoxy) is 2. The van der Waals surface area contributed by atoms with E-state index in [1.54, 1.807) is 6.07 Å². The van der Waals surface area contributed by atoms with Crippen molar-refractivity contribution in [1.82, 2.24) is 5.48 Å². The molecule has 0 aromatic heterocycles. The van der Waals surface area contributed by atoms with Crippen molar-refractivity contribution in [2.45, 2.75) is 0 Å². The second-order valence-electron chi connectivity index (χ2n) is 2.51. The zero-order valence-electron chi connectivity index (χ0n) is 8.31. The van der Waals surface area contributed by atoms with E-state index in [-0.39, 0.29) is 12.4 Å². The number of hydrogen-bond acceptors (Lipinski definition) is 4. The van der Waals surface area contributed by atoms with Gasteiger partial charge in [-0.25, -0.2) is 5.48 Å². The van der Waals surface area contributed by atoms with Gasteiger partial charge in [-0.05, 0) is 18.2 Å². The van der Waals surface area contributed by atoms with Crippen LogP contribution in [-0.4, -0.2) is 25.3 Å². The van der Waals surface area contributed by atoms with Crippen LogP contribution in [0.2, 0.25) is 0 Å². The number of amides is 1. The van der Waals surface area contributed by atoms with Gasteiger partial charge in [0.1, 0.15) is 0 Å². The first-order chi connectivity index (χ1) is 6.72. The van der Waals surface area contributed by atoms with E-state index in [1.165, 1.54) is 31.8 Å². The largest absolute Gasteiger partial charge is 0.493 e. The summed E-state index contributed by atoms with van der Waals surface area (Å²) in [6.07, 6.45) is 0. The third-order valence-electron chi connectivity index (χ3n) is 1.75. The Morgan fingerprint density at radius 2 is 1.87 bits per heavy atom. The standard InChI is InChI=1S/C9H11NO4.ClH/c1-13-7-4-3-6(9(11)10-12)5-8(7)14-2;/h3-5,12H,1-2H3,(H,10,11);1H. The first-order valence-corrected chi connectivity index (χ1v) is 3.89. The molecular weight excluding hydrogens is 222 g/mol. The molecule has 0 atom stereocenters. The fourth-order valence-corrected chi connectivity index (χ4v) is 1.04. The van der Waals surface area contributed by atoms with Crippen LogP contribution < -0.4 is 15.0 Å². The number of rotatable bonds is 3. The van der Waals surface area contributed by atoms with Crippen molar-refractivity contribution in [1.29, 1.82) is 0 Å². The molecule has 0 aliphatic heterocycles. The van der Waals surface area contributed by atoms with Crippen molar-refractivity contribution in [3.63, 3.8) is 0 Å². The van der Waals surface area contributed by atoms with E-state index >= 15 is 0 Å². The summed E-state index contributed by atoms with van der Waals surface area (Å²) >= 11 is 0. The highest BCUT2D eigenvalue weighted by Crippen LogP contribution is 2.27. The van der Waals surface area contributed by atoms with Gasteiger partial charge in [0, 0.05) is 5.56 Å². The van der Waals surface area contributed by atoms with Crippen LogP contribution in [0.25, 0.3) is 0 Å². The van der Waals surface area contributed by atoms with Gasteiger partial charge in [-0.15, -0.1) is 12.4 Å². The summed E-state index contributed by atoms with van der Waals surface area (Å²) in [5.41, 5.74) is 1.83. The molecule has 0 unspecified atom stereocenters. The summed E-state index contributed by atoms with van der Waals surface area (Å²) in [5.74, 6) is 0.376. The van der Waals surface area contributed by atoms with E-state index in [1.807, 2.05) is 0 Å². The zero-order valence-corrected chi connectivity index (χ0v) is 9.13. The molecule has 5 nitrogen and oxygen atoms in total. The highest BCUT2D eigenvalue weighted by molar-refractivity contribution is 5.94. The quantitative estimate of drug-likeness (QED) is 0.609. The van der Waals surface area contributed by atoms with Crippen molar-refractivity contribution in [3.05, 3.63) is 23.8 Å². The molecule has 6 heteroatoms. The molecular formula is C9H12ClNO4. The summed E-state index contributed by atoms with van der Waals surface area (Å²) in [5, 5.41) is 8.41. The lowest BCUT2D eigenvalue weighted by atomic mass is 10.2. The van der Waals surface area contributed by atoms with Crippen molar-refractivity contribution < 1.29 is 19.5 Å². The maximum absolute atomic E-state index is 11.0. The molecule has 1 aromatic rings. The third kappa shape index (κ3) is 3.00. The Hall–Kier alpha value is -1.46. The Kier molecular flexibility index (Phi) is 5.51.